The summed E-state index contributed by atoms with van der Waals surface area (Å²) in [5.41, 5.74) is 24.0. The van der Waals surface area contributed by atoms with Crippen LogP contribution in [-0.4, -0.2) is 0 Å². The summed E-state index contributed by atoms with van der Waals surface area (Å²) in [6.07, 6.45) is 0. The molecule has 0 radical (unpaired) electrons. The maximum atomic E-state index is 7.31. The van der Waals surface area contributed by atoms with Gasteiger partial charge in [0.1, 0.15) is 27.9 Å². The van der Waals surface area contributed by atoms with Gasteiger partial charge in [-0.2, -0.15) is 0 Å². The predicted octanol–water partition coefficient (Wildman–Crippen LogP) is 21.5. The quantitative estimate of drug-likeness (QED) is 0.165. The zero-order chi connectivity index (χ0) is 53.5. The fourth-order valence-corrected chi connectivity index (χ4v) is 14.2. The molecule has 382 valence electrons. The third-order valence-corrected chi connectivity index (χ3v) is 18.1. The van der Waals surface area contributed by atoms with Crippen molar-refractivity contribution < 1.29 is 17.7 Å². The van der Waals surface area contributed by atoms with Crippen molar-refractivity contribution in [3.63, 3.8) is 0 Å². The van der Waals surface area contributed by atoms with Crippen molar-refractivity contribution in [3.05, 3.63) is 240 Å². The van der Waals surface area contributed by atoms with Crippen LogP contribution >= 0.6 is 0 Å². The largest absolute Gasteiger partial charge is 0.455 e. The second-order valence-corrected chi connectivity index (χ2v) is 23.2. The first kappa shape index (κ1) is 45.3. The fourth-order valence-electron chi connectivity index (χ4n) is 14.2. The minimum atomic E-state index is -0.457. The predicted molar refractivity (Wildman–Crippen MR) is 330 cm³/mol. The average Bonchev–Trinajstić information content (AvgIpc) is 3.71. The van der Waals surface area contributed by atoms with Crippen molar-refractivity contribution in [2.24, 2.45) is 0 Å². The maximum absolute atomic E-state index is 7.31. The molecule has 4 aromatic heterocycles. The minimum absolute atomic E-state index is 0.448. The Balaban J connectivity index is 0.929. The van der Waals surface area contributed by atoms with Crippen LogP contribution in [0.3, 0.4) is 0 Å². The second-order valence-electron chi connectivity index (χ2n) is 23.2. The number of rotatable bonds is 6. The standard InChI is InChI=1S/C74H52N2O4/c1-41-21-7-13-29-55(41)75(57-31-19-27-45-43-23-9-15-33-61(43)77-69(45)57)59-39-54-66(72-67(59)47-25-11-17-35-63(47)80-72)50-38-51-49(37-52(50)74(54,5)6)65-53(73(51,3)4)40-60(71-68(65)48-26-12-18-36-64(48)79-71)76(56-30-14-8-22-42(56)2)58-32-20-28-46-44-24-10-16-34-62(44)78-70(46)58/h7-40H,1-6H3. The summed E-state index contributed by atoms with van der Waals surface area (Å²) < 4.78 is 28.3. The third-order valence-electron chi connectivity index (χ3n) is 18.1. The third kappa shape index (κ3) is 5.92. The first-order chi connectivity index (χ1) is 39.0. The van der Waals surface area contributed by atoms with Gasteiger partial charge >= 0.3 is 0 Å². The Hall–Kier alpha value is -9.78. The van der Waals surface area contributed by atoms with Crippen molar-refractivity contribution in [2.75, 3.05) is 9.80 Å². The molecule has 0 bridgehead atoms. The number of nitrogens with zero attached hydrogens (tertiary/aromatic N) is 2. The number of hydrogen-bond donors (Lipinski definition) is 0. The van der Waals surface area contributed by atoms with Crippen LogP contribution < -0.4 is 9.80 Å². The number of hydrogen-bond acceptors (Lipinski definition) is 6. The van der Waals surface area contributed by atoms with Gasteiger partial charge in [0.15, 0.2) is 16.7 Å². The molecule has 2 aliphatic rings. The SMILES string of the molecule is Cc1ccccc1N(c1cccc2c1oc1ccccc12)c1cc2c(c3c1oc1ccccc13)-c1cc3c(cc1C2(C)C)-c1c(cc(N(c2ccccc2C)c2cccc4c2oc2ccccc24)c2c1oc1ccccc12)C3(C)C. The van der Waals surface area contributed by atoms with E-state index < -0.39 is 10.8 Å². The molecule has 17 rings (SSSR count). The van der Waals surface area contributed by atoms with E-state index in [1.54, 1.807) is 0 Å². The van der Waals surface area contributed by atoms with Gasteiger partial charge in [-0.1, -0.05) is 161 Å². The normalized spacial score (nSPS) is 14.1. The van der Waals surface area contributed by atoms with E-state index in [1.807, 2.05) is 12.1 Å². The Morgan fingerprint density at radius 1 is 0.287 bits per heavy atom. The van der Waals surface area contributed by atoms with Gasteiger partial charge in [-0.05, 0) is 137 Å². The van der Waals surface area contributed by atoms with Crippen LogP contribution in [0.15, 0.2) is 224 Å². The summed E-state index contributed by atoms with van der Waals surface area (Å²) in [6.45, 7) is 14.0. The molecular weight excluding hydrogens is 981 g/mol. The summed E-state index contributed by atoms with van der Waals surface area (Å²) in [6, 6.07) is 74.1. The molecule has 6 heteroatoms. The van der Waals surface area contributed by atoms with Crippen LogP contribution in [0.25, 0.3) is 110 Å². The van der Waals surface area contributed by atoms with Crippen molar-refractivity contribution >= 4 is 122 Å². The van der Waals surface area contributed by atoms with E-state index >= 15 is 0 Å². The molecule has 0 saturated carbocycles. The van der Waals surface area contributed by atoms with E-state index in [0.717, 1.165) is 139 Å². The molecule has 0 aliphatic heterocycles. The lowest BCUT2D eigenvalue weighted by atomic mass is 9.79. The summed E-state index contributed by atoms with van der Waals surface area (Å²) >= 11 is 0. The van der Waals surface area contributed by atoms with E-state index in [9.17, 15) is 0 Å². The van der Waals surface area contributed by atoms with Gasteiger partial charge in [0.25, 0.3) is 0 Å². The number of benzene rings is 11. The van der Waals surface area contributed by atoms with E-state index in [-0.39, 0.29) is 0 Å². The highest BCUT2D eigenvalue weighted by Gasteiger charge is 2.46. The first-order valence-corrected chi connectivity index (χ1v) is 27.7. The zero-order valence-corrected chi connectivity index (χ0v) is 45.2. The van der Waals surface area contributed by atoms with Gasteiger partial charge in [0.05, 0.1) is 28.1 Å². The highest BCUT2D eigenvalue weighted by molar-refractivity contribution is 6.23. The summed E-state index contributed by atoms with van der Waals surface area (Å²) in [5, 5.41) is 8.66. The lowest BCUT2D eigenvalue weighted by Gasteiger charge is -2.30. The molecule has 0 saturated heterocycles. The van der Waals surface area contributed by atoms with Gasteiger partial charge < -0.3 is 27.5 Å². The molecule has 15 aromatic rings. The van der Waals surface area contributed by atoms with E-state index in [4.69, 9.17) is 17.7 Å². The number of anilines is 6. The van der Waals surface area contributed by atoms with Crippen molar-refractivity contribution in [2.45, 2.75) is 52.4 Å². The molecule has 0 amide bonds. The van der Waals surface area contributed by atoms with E-state index in [2.05, 4.69) is 245 Å². The van der Waals surface area contributed by atoms with Crippen LogP contribution in [0.2, 0.25) is 0 Å². The van der Waals surface area contributed by atoms with Gasteiger partial charge in [-0.25, -0.2) is 0 Å². The second kappa shape index (κ2) is 15.9. The fraction of sp³-hybridized carbons (Fsp3) is 0.108. The summed E-state index contributed by atoms with van der Waals surface area (Å²) in [4.78, 5) is 4.81. The molecule has 0 atom stereocenters. The lowest BCUT2D eigenvalue weighted by molar-refractivity contribution is 0.649. The van der Waals surface area contributed by atoms with Crippen LogP contribution in [0, 0.1) is 13.8 Å². The summed E-state index contributed by atoms with van der Waals surface area (Å²) in [5.74, 6) is 0. The highest BCUT2D eigenvalue weighted by Crippen LogP contribution is 2.63. The zero-order valence-electron chi connectivity index (χ0n) is 45.2. The molecule has 2 aliphatic carbocycles. The number of fused-ring (bicyclic) bond motifs is 20. The molecule has 4 heterocycles. The Labute approximate surface area is 461 Å². The topological polar surface area (TPSA) is 59.0 Å². The van der Waals surface area contributed by atoms with Gasteiger partial charge in [-0.3, -0.25) is 0 Å². The number of para-hydroxylation sites is 8. The maximum Gasteiger partial charge on any atom is 0.160 e. The molecular formula is C74H52N2O4. The Morgan fingerprint density at radius 2 is 0.662 bits per heavy atom. The molecule has 11 aromatic carbocycles. The van der Waals surface area contributed by atoms with Crippen LogP contribution in [0.5, 0.6) is 0 Å². The van der Waals surface area contributed by atoms with E-state index in [0.29, 0.717) is 0 Å². The van der Waals surface area contributed by atoms with Crippen LogP contribution in [0.1, 0.15) is 61.1 Å². The lowest BCUT2D eigenvalue weighted by Crippen LogP contribution is -2.18. The van der Waals surface area contributed by atoms with E-state index in [1.165, 1.54) is 38.9 Å². The molecule has 0 spiro atoms. The first-order valence-electron chi connectivity index (χ1n) is 27.7. The van der Waals surface area contributed by atoms with Crippen LogP contribution in [0.4, 0.5) is 34.1 Å². The molecule has 0 unspecified atom stereocenters. The minimum Gasteiger partial charge on any atom is -0.455 e. The molecule has 6 nitrogen and oxygen atoms in total. The van der Waals surface area contributed by atoms with Crippen molar-refractivity contribution in [1.29, 1.82) is 0 Å². The smallest absolute Gasteiger partial charge is 0.160 e. The van der Waals surface area contributed by atoms with Gasteiger partial charge in [0, 0.05) is 65.5 Å². The number of aryl methyl sites for hydroxylation is 2. The van der Waals surface area contributed by atoms with Gasteiger partial charge in [-0.15, -0.1) is 0 Å². The Morgan fingerprint density at radius 3 is 1.20 bits per heavy atom. The summed E-state index contributed by atoms with van der Waals surface area (Å²) in [7, 11) is 0. The van der Waals surface area contributed by atoms with Gasteiger partial charge in [0.2, 0.25) is 0 Å². The Bertz CT molecular complexity index is 5190. The molecule has 0 fully saturated rings. The monoisotopic (exact) mass is 1030 g/mol. The Kier molecular flexibility index (Phi) is 9.01. The van der Waals surface area contributed by atoms with Crippen molar-refractivity contribution in [3.8, 4) is 22.3 Å². The highest BCUT2D eigenvalue weighted by atomic mass is 16.3. The van der Waals surface area contributed by atoms with Crippen LogP contribution in [-0.2, 0) is 10.8 Å². The van der Waals surface area contributed by atoms with Crippen molar-refractivity contribution in [1.82, 2.24) is 0 Å². The molecule has 0 N–H and O–H groups in total. The number of furan rings is 4. The average molecular weight is 1030 g/mol. The molecule has 80 heavy (non-hydrogen) atoms.